The smallest absolute Gasteiger partial charge is 0.122 e. The molecule has 0 aliphatic rings. The van der Waals surface area contributed by atoms with E-state index in [1.807, 2.05) is 26.0 Å². The Morgan fingerprint density at radius 3 is 2.43 bits per heavy atom. The summed E-state index contributed by atoms with van der Waals surface area (Å²) in [6.45, 7) is 5.70. The molecule has 0 aliphatic heterocycles. The number of benzene rings is 1. The van der Waals surface area contributed by atoms with Gasteiger partial charge in [0.2, 0.25) is 0 Å². The van der Waals surface area contributed by atoms with Crippen molar-refractivity contribution >= 4 is 5.71 Å². The third kappa shape index (κ3) is 1.87. The van der Waals surface area contributed by atoms with Crippen LogP contribution in [0.5, 0.6) is 5.75 Å². The van der Waals surface area contributed by atoms with Crippen molar-refractivity contribution in [2.45, 2.75) is 20.8 Å². The predicted molar refractivity (Wildman–Crippen MR) is 56.5 cm³/mol. The third-order valence-corrected chi connectivity index (χ3v) is 2.28. The van der Waals surface area contributed by atoms with Crippen LogP contribution < -0.4 is 4.74 Å². The summed E-state index contributed by atoms with van der Waals surface area (Å²) in [6, 6.07) is 3.91. The molecule has 1 N–H and O–H groups in total. The first kappa shape index (κ1) is 10.6. The third-order valence-electron chi connectivity index (χ3n) is 2.28. The van der Waals surface area contributed by atoms with Crippen molar-refractivity contribution in [3.63, 3.8) is 0 Å². The number of rotatable bonds is 2. The second kappa shape index (κ2) is 4.13. The van der Waals surface area contributed by atoms with Crippen molar-refractivity contribution in [3.8, 4) is 5.75 Å². The lowest BCUT2D eigenvalue weighted by Crippen LogP contribution is -2.00. The molecule has 0 unspecified atom stereocenters. The average molecular weight is 193 g/mol. The molecule has 0 saturated heterocycles. The first-order valence-corrected chi connectivity index (χ1v) is 4.44. The Morgan fingerprint density at radius 1 is 1.29 bits per heavy atom. The van der Waals surface area contributed by atoms with E-state index in [2.05, 4.69) is 5.16 Å². The van der Waals surface area contributed by atoms with E-state index in [4.69, 9.17) is 9.94 Å². The molecule has 0 atom stereocenters. The lowest BCUT2D eigenvalue weighted by atomic mass is 10.0. The zero-order valence-electron chi connectivity index (χ0n) is 8.96. The Kier molecular flexibility index (Phi) is 3.12. The Balaban J connectivity index is 3.29. The average Bonchev–Trinajstić information content (AvgIpc) is 2.19. The number of nitrogens with zero attached hydrogens (tertiary/aromatic N) is 1. The minimum absolute atomic E-state index is 0.619. The minimum Gasteiger partial charge on any atom is -0.496 e. The molecular formula is C11H15NO2. The van der Waals surface area contributed by atoms with Gasteiger partial charge in [-0.15, -0.1) is 0 Å². The van der Waals surface area contributed by atoms with Crippen molar-refractivity contribution in [1.29, 1.82) is 0 Å². The first-order chi connectivity index (χ1) is 6.60. The number of hydrogen-bond donors (Lipinski definition) is 1. The largest absolute Gasteiger partial charge is 0.496 e. The Hall–Kier alpha value is -1.51. The summed E-state index contributed by atoms with van der Waals surface area (Å²) in [5.74, 6) is 0.858. The summed E-state index contributed by atoms with van der Waals surface area (Å²) in [5, 5.41) is 11.9. The van der Waals surface area contributed by atoms with Gasteiger partial charge in [-0.05, 0) is 44.0 Å². The minimum atomic E-state index is 0.619. The molecular weight excluding hydrogens is 178 g/mol. The number of ether oxygens (including phenoxy) is 1. The van der Waals surface area contributed by atoms with E-state index in [-0.39, 0.29) is 0 Å². The lowest BCUT2D eigenvalue weighted by molar-refractivity contribution is 0.319. The maximum absolute atomic E-state index is 8.69. The molecule has 0 amide bonds. The van der Waals surface area contributed by atoms with Crippen LogP contribution in [0.3, 0.4) is 0 Å². The van der Waals surface area contributed by atoms with Crippen LogP contribution in [0.25, 0.3) is 0 Å². The van der Waals surface area contributed by atoms with Gasteiger partial charge >= 0.3 is 0 Å². The highest BCUT2D eigenvalue weighted by Gasteiger charge is 2.07. The molecule has 76 valence electrons. The second-order valence-electron chi connectivity index (χ2n) is 3.32. The van der Waals surface area contributed by atoms with E-state index in [1.54, 1.807) is 14.0 Å². The van der Waals surface area contributed by atoms with Crippen molar-refractivity contribution in [3.05, 3.63) is 28.8 Å². The van der Waals surface area contributed by atoms with Gasteiger partial charge in [0.15, 0.2) is 0 Å². The molecule has 1 rings (SSSR count). The van der Waals surface area contributed by atoms with Crippen LogP contribution in [0.15, 0.2) is 17.3 Å². The molecule has 3 nitrogen and oxygen atoms in total. The summed E-state index contributed by atoms with van der Waals surface area (Å²) < 4.78 is 5.19. The van der Waals surface area contributed by atoms with Crippen LogP contribution in [-0.4, -0.2) is 18.0 Å². The van der Waals surface area contributed by atoms with Gasteiger partial charge in [-0.1, -0.05) is 5.16 Å². The van der Waals surface area contributed by atoms with Crippen molar-refractivity contribution in [2.75, 3.05) is 7.11 Å². The topological polar surface area (TPSA) is 41.8 Å². The highest BCUT2D eigenvalue weighted by molar-refractivity contribution is 5.99. The van der Waals surface area contributed by atoms with Gasteiger partial charge in [0, 0.05) is 5.56 Å². The Morgan fingerprint density at radius 2 is 1.93 bits per heavy atom. The molecule has 0 spiro atoms. The molecule has 0 aromatic heterocycles. The molecule has 0 bridgehead atoms. The van der Waals surface area contributed by atoms with E-state index in [9.17, 15) is 0 Å². The van der Waals surface area contributed by atoms with E-state index in [0.717, 1.165) is 22.4 Å². The van der Waals surface area contributed by atoms with Gasteiger partial charge in [0.25, 0.3) is 0 Å². The summed E-state index contributed by atoms with van der Waals surface area (Å²) >= 11 is 0. The highest BCUT2D eigenvalue weighted by atomic mass is 16.5. The zero-order valence-corrected chi connectivity index (χ0v) is 8.96. The molecule has 1 aromatic rings. The lowest BCUT2D eigenvalue weighted by Gasteiger charge is -2.10. The van der Waals surface area contributed by atoms with Crippen molar-refractivity contribution in [1.82, 2.24) is 0 Å². The highest BCUT2D eigenvalue weighted by Crippen LogP contribution is 2.22. The van der Waals surface area contributed by atoms with Gasteiger partial charge in [-0.2, -0.15) is 0 Å². The normalized spacial score (nSPS) is 11.6. The fraction of sp³-hybridized carbons (Fsp3) is 0.364. The maximum Gasteiger partial charge on any atom is 0.122 e. The fourth-order valence-corrected chi connectivity index (χ4v) is 1.45. The second-order valence-corrected chi connectivity index (χ2v) is 3.32. The molecule has 0 saturated carbocycles. The fourth-order valence-electron chi connectivity index (χ4n) is 1.45. The van der Waals surface area contributed by atoms with E-state index >= 15 is 0 Å². The molecule has 0 fully saturated rings. The van der Waals surface area contributed by atoms with Crippen molar-refractivity contribution in [2.24, 2.45) is 5.16 Å². The van der Waals surface area contributed by atoms with Gasteiger partial charge in [0.05, 0.1) is 12.8 Å². The summed E-state index contributed by atoms with van der Waals surface area (Å²) in [5.41, 5.74) is 3.65. The van der Waals surface area contributed by atoms with Gasteiger partial charge in [0.1, 0.15) is 5.75 Å². The predicted octanol–water partition coefficient (Wildman–Crippen LogP) is 2.51. The number of aryl methyl sites for hydroxylation is 2. The van der Waals surface area contributed by atoms with Crippen LogP contribution in [0.4, 0.5) is 0 Å². The van der Waals surface area contributed by atoms with Crippen LogP contribution in [0, 0.1) is 13.8 Å². The van der Waals surface area contributed by atoms with Gasteiger partial charge < -0.3 is 9.94 Å². The molecule has 14 heavy (non-hydrogen) atoms. The number of methoxy groups -OCH3 is 1. The van der Waals surface area contributed by atoms with Crippen LogP contribution >= 0.6 is 0 Å². The Bertz CT molecular complexity index is 370. The summed E-state index contributed by atoms with van der Waals surface area (Å²) in [6.07, 6.45) is 0. The SMILES string of the molecule is COc1cc(C)c(C(C)=NO)cc1C. The summed E-state index contributed by atoms with van der Waals surface area (Å²) in [7, 11) is 1.65. The van der Waals surface area contributed by atoms with E-state index < -0.39 is 0 Å². The number of hydrogen-bond acceptors (Lipinski definition) is 3. The van der Waals surface area contributed by atoms with Crippen LogP contribution in [-0.2, 0) is 0 Å². The van der Waals surface area contributed by atoms with Gasteiger partial charge in [-0.3, -0.25) is 0 Å². The monoisotopic (exact) mass is 193 g/mol. The van der Waals surface area contributed by atoms with E-state index in [0.29, 0.717) is 5.71 Å². The molecule has 1 aromatic carbocycles. The molecule has 0 aliphatic carbocycles. The van der Waals surface area contributed by atoms with E-state index in [1.165, 1.54) is 0 Å². The zero-order chi connectivity index (χ0) is 10.7. The summed E-state index contributed by atoms with van der Waals surface area (Å²) in [4.78, 5) is 0. The quantitative estimate of drug-likeness (QED) is 0.445. The molecule has 3 heteroatoms. The number of oxime groups is 1. The van der Waals surface area contributed by atoms with Crippen LogP contribution in [0.1, 0.15) is 23.6 Å². The molecule has 0 radical (unpaired) electrons. The maximum atomic E-state index is 8.69. The van der Waals surface area contributed by atoms with Gasteiger partial charge in [-0.25, -0.2) is 0 Å². The Labute approximate surface area is 84.0 Å². The van der Waals surface area contributed by atoms with Crippen molar-refractivity contribution < 1.29 is 9.94 Å². The van der Waals surface area contributed by atoms with Crippen LogP contribution in [0.2, 0.25) is 0 Å². The standard InChI is InChI=1S/C11H15NO2/c1-7-6-11(14-4)8(2)5-10(7)9(3)12-13/h5-6,13H,1-4H3. The molecule has 0 heterocycles. The first-order valence-electron chi connectivity index (χ1n) is 4.44.